The molecule has 0 spiro atoms. The smallest absolute Gasteiger partial charge is 0.0205 e. The fraction of sp³-hybridized carbons (Fsp3) is 0.400. The molecule has 2 aromatic carbocycles. The van der Waals surface area contributed by atoms with Gasteiger partial charge >= 0.3 is 0 Å². The van der Waals surface area contributed by atoms with Crippen LogP contribution in [0.15, 0.2) is 48.5 Å². The van der Waals surface area contributed by atoms with Crippen LogP contribution in [0, 0.1) is 0 Å². The molecule has 1 unspecified atom stereocenters. The van der Waals surface area contributed by atoms with Crippen molar-refractivity contribution in [3.8, 4) is 0 Å². The van der Waals surface area contributed by atoms with Crippen molar-refractivity contribution in [3.05, 3.63) is 70.8 Å². The van der Waals surface area contributed by atoms with Crippen molar-refractivity contribution in [2.45, 2.75) is 45.1 Å². The summed E-state index contributed by atoms with van der Waals surface area (Å²) in [7, 11) is 0. The Labute approximate surface area is 128 Å². The van der Waals surface area contributed by atoms with Gasteiger partial charge in [-0.3, -0.25) is 0 Å². The minimum Gasteiger partial charge on any atom is -0.312 e. The topological polar surface area (TPSA) is 12.0 Å². The van der Waals surface area contributed by atoms with Crippen LogP contribution in [0.1, 0.15) is 47.9 Å². The van der Waals surface area contributed by atoms with Crippen LogP contribution in [0.2, 0.25) is 0 Å². The third-order valence-electron chi connectivity index (χ3n) is 4.64. The Bertz CT molecular complexity index is 571. The van der Waals surface area contributed by atoms with E-state index in [9.17, 15) is 0 Å². The SMILES string of the molecule is CCc1ccc(CNCC2CCCc3ccccc32)cc1. The molecule has 0 saturated heterocycles. The van der Waals surface area contributed by atoms with E-state index in [1.807, 2.05) is 0 Å². The molecule has 0 aromatic heterocycles. The van der Waals surface area contributed by atoms with E-state index < -0.39 is 0 Å². The van der Waals surface area contributed by atoms with Crippen LogP contribution in [0.5, 0.6) is 0 Å². The van der Waals surface area contributed by atoms with Gasteiger partial charge in [0.2, 0.25) is 0 Å². The maximum Gasteiger partial charge on any atom is 0.0205 e. The van der Waals surface area contributed by atoms with Gasteiger partial charge in [0, 0.05) is 13.1 Å². The summed E-state index contributed by atoms with van der Waals surface area (Å²) in [4.78, 5) is 0. The molecule has 0 radical (unpaired) electrons. The minimum absolute atomic E-state index is 0.685. The molecular weight excluding hydrogens is 254 g/mol. The lowest BCUT2D eigenvalue weighted by atomic mass is 9.83. The van der Waals surface area contributed by atoms with E-state index >= 15 is 0 Å². The monoisotopic (exact) mass is 279 g/mol. The summed E-state index contributed by atoms with van der Waals surface area (Å²) >= 11 is 0. The Morgan fingerprint density at radius 3 is 2.57 bits per heavy atom. The predicted octanol–water partition coefficient (Wildman–Crippen LogP) is 4.46. The number of fused-ring (bicyclic) bond motifs is 1. The van der Waals surface area contributed by atoms with E-state index in [4.69, 9.17) is 0 Å². The van der Waals surface area contributed by atoms with Gasteiger partial charge in [-0.2, -0.15) is 0 Å². The molecule has 0 saturated carbocycles. The maximum absolute atomic E-state index is 3.65. The Balaban J connectivity index is 1.56. The summed E-state index contributed by atoms with van der Waals surface area (Å²) in [6.07, 6.45) is 5.02. The summed E-state index contributed by atoms with van der Waals surface area (Å²) in [5.41, 5.74) is 5.93. The zero-order valence-electron chi connectivity index (χ0n) is 12.9. The van der Waals surface area contributed by atoms with Crippen LogP contribution in [-0.2, 0) is 19.4 Å². The molecule has 1 N–H and O–H groups in total. The van der Waals surface area contributed by atoms with E-state index in [0.29, 0.717) is 5.92 Å². The Morgan fingerprint density at radius 2 is 1.76 bits per heavy atom. The van der Waals surface area contributed by atoms with Crippen LogP contribution in [0.3, 0.4) is 0 Å². The van der Waals surface area contributed by atoms with Crippen molar-refractivity contribution in [1.82, 2.24) is 5.32 Å². The molecule has 110 valence electrons. The highest BCUT2D eigenvalue weighted by Gasteiger charge is 2.18. The maximum atomic E-state index is 3.65. The van der Waals surface area contributed by atoms with Gasteiger partial charge in [0.1, 0.15) is 0 Å². The number of hydrogen-bond acceptors (Lipinski definition) is 1. The highest BCUT2D eigenvalue weighted by molar-refractivity contribution is 5.32. The van der Waals surface area contributed by atoms with Gasteiger partial charge in [-0.1, -0.05) is 55.5 Å². The second kappa shape index (κ2) is 6.91. The van der Waals surface area contributed by atoms with Gasteiger partial charge in [-0.25, -0.2) is 0 Å². The first-order chi connectivity index (χ1) is 10.4. The summed E-state index contributed by atoms with van der Waals surface area (Å²) < 4.78 is 0. The summed E-state index contributed by atoms with van der Waals surface area (Å²) in [6.45, 7) is 4.27. The van der Waals surface area contributed by atoms with Crippen molar-refractivity contribution < 1.29 is 0 Å². The number of benzene rings is 2. The van der Waals surface area contributed by atoms with E-state index in [1.54, 1.807) is 11.1 Å². The second-order valence-corrected chi connectivity index (χ2v) is 6.09. The van der Waals surface area contributed by atoms with E-state index in [1.165, 1.54) is 30.4 Å². The van der Waals surface area contributed by atoms with Crippen molar-refractivity contribution in [3.63, 3.8) is 0 Å². The standard InChI is InChI=1S/C20H25N/c1-2-16-10-12-17(13-11-16)14-21-15-19-8-5-7-18-6-3-4-9-20(18)19/h3-4,6,9-13,19,21H,2,5,7-8,14-15H2,1H3. The number of hydrogen-bond donors (Lipinski definition) is 1. The van der Waals surface area contributed by atoms with Gasteiger partial charge in [-0.15, -0.1) is 0 Å². The molecule has 1 aliphatic rings. The van der Waals surface area contributed by atoms with Crippen molar-refractivity contribution in [1.29, 1.82) is 0 Å². The molecule has 0 bridgehead atoms. The molecule has 1 heteroatoms. The fourth-order valence-corrected chi connectivity index (χ4v) is 3.35. The number of aryl methyl sites for hydroxylation is 2. The Morgan fingerprint density at radius 1 is 1.00 bits per heavy atom. The summed E-state index contributed by atoms with van der Waals surface area (Å²) in [5, 5.41) is 3.65. The zero-order valence-corrected chi connectivity index (χ0v) is 12.9. The molecule has 1 aliphatic carbocycles. The van der Waals surface area contributed by atoms with Crippen molar-refractivity contribution in [2.24, 2.45) is 0 Å². The van der Waals surface area contributed by atoms with Crippen LogP contribution >= 0.6 is 0 Å². The molecular formula is C20H25N. The molecule has 0 aliphatic heterocycles. The van der Waals surface area contributed by atoms with Gasteiger partial charge in [-0.05, 0) is 53.9 Å². The van der Waals surface area contributed by atoms with Crippen molar-refractivity contribution in [2.75, 3.05) is 6.54 Å². The van der Waals surface area contributed by atoms with Crippen LogP contribution in [0.4, 0.5) is 0 Å². The highest BCUT2D eigenvalue weighted by atomic mass is 14.9. The average Bonchev–Trinajstić information content (AvgIpc) is 2.56. The third-order valence-corrected chi connectivity index (χ3v) is 4.64. The minimum atomic E-state index is 0.685. The zero-order chi connectivity index (χ0) is 14.5. The molecule has 3 rings (SSSR count). The Hall–Kier alpha value is -1.60. The lowest BCUT2D eigenvalue weighted by Crippen LogP contribution is -2.24. The fourth-order valence-electron chi connectivity index (χ4n) is 3.35. The first-order valence-electron chi connectivity index (χ1n) is 8.23. The van der Waals surface area contributed by atoms with Gasteiger partial charge in [0.05, 0.1) is 0 Å². The number of nitrogens with one attached hydrogen (secondary N) is 1. The molecule has 0 heterocycles. The first-order valence-corrected chi connectivity index (χ1v) is 8.23. The van der Waals surface area contributed by atoms with Crippen LogP contribution in [0.25, 0.3) is 0 Å². The summed E-state index contributed by atoms with van der Waals surface area (Å²) in [6, 6.07) is 18.0. The lowest BCUT2D eigenvalue weighted by Gasteiger charge is -2.25. The Kier molecular flexibility index (Phi) is 4.72. The lowest BCUT2D eigenvalue weighted by molar-refractivity contribution is 0.507. The summed E-state index contributed by atoms with van der Waals surface area (Å²) in [5.74, 6) is 0.685. The molecule has 1 atom stereocenters. The molecule has 21 heavy (non-hydrogen) atoms. The normalized spacial score (nSPS) is 17.5. The molecule has 1 nitrogen and oxygen atoms in total. The second-order valence-electron chi connectivity index (χ2n) is 6.09. The highest BCUT2D eigenvalue weighted by Crippen LogP contribution is 2.30. The van der Waals surface area contributed by atoms with E-state index in [0.717, 1.165) is 19.5 Å². The predicted molar refractivity (Wildman–Crippen MR) is 89.6 cm³/mol. The number of rotatable bonds is 5. The van der Waals surface area contributed by atoms with E-state index in [-0.39, 0.29) is 0 Å². The van der Waals surface area contributed by atoms with E-state index in [2.05, 4.69) is 60.8 Å². The van der Waals surface area contributed by atoms with Gasteiger partial charge < -0.3 is 5.32 Å². The third kappa shape index (κ3) is 3.54. The molecule has 0 fully saturated rings. The van der Waals surface area contributed by atoms with Crippen molar-refractivity contribution >= 4 is 0 Å². The van der Waals surface area contributed by atoms with Crippen LogP contribution < -0.4 is 5.32 Å². The quantitative estimate of drug-likeness (QED) is 0.852. The average molecular weight is 279 g/mol. The largest absolute Gasteiger partial charge is 0.312 e. The first kappa shape index (κ1) is 14.3. The molecule has 0 amide bonds. The van der Waals surface area contributed by atoms with Crippen LogP contribution in [-0.4, -0.2) is 6.54 Å². The molecule has 2 aromatic rings. The van der Waals surface area contributed by atoms with Gasteiger partial charge in [0.15, 0.2) is 0 Å². The van der Waals surface area contributed by atoms with Gasteiger partial charge in [0.25, 0.3) is 0 Å².